The Morgan fingerprint density at radius 2 is 2.00 bits per heavy atom. The first-order chi connectivity index (χ1) is 10.1. The highest BCUT2D eigenvalue weighted by molar-refractivity contribution is 5.98. The summed E-state index contributed by atoms with van der Waals surface area (Å²) in [6.07, 6.45) is 7.80. The predicted molar refractivity (Wildman–Crippen MR) is 81.0 cm³/mol. The number of rotatable bonds is 9. The molecule has 0 aliphatic heterocycles. The number of pyridine rings is 1. The van der Waals surface area contributed by atoms with E-state index in [1.165, 1.54) is 19.3 Å². The van der Waals surface area contributed by atoms with E-state index < -0.39 is 10.8 Å². The molecule has 0 fully saturated rings. The highest BCUT2D eigenvalue weighted by atomic mass is 16.6. The summed E-state index contributed by atoms with van der Waals surface area (Å²) in [7, 11) is 0. The monoisotopic (exact) mass is 294 g/mol. The summed E-state index contributed by atoms with van der Waals surface area (Å²) in [5.41, 5.74) is 5.39. The van der Waals surface area contributed by atoms with E-state index in [2.05, 4.69) is 17.2 Å². The molecule has 1 rings (SSSR count). The van der Waals surface area contributed by atoms with Gasteiger partial charge in [0.15, 0.2) is 0 Å². The Bertz CT molecular complexity index is 491. The number of nitrogen functional groups attached to an aromatic ring is 1. The van der Waals surface area contributed by atoms with Crippen LogP contribution in [0, 0.1) is 10.1 Å². The van der Waals surface area contributed by atoms with E-state index >= 15 is 0 Å². The van der Waals surface area contributed by atoms with Gasteiger partial charge in [0.1, 0.15) is 12.0 Å². The molecule has 0 saturated heterocycles. The largest absolute Gasteiger partial charge is 0.383 e. The zero-order valence-corrected chi connectivity index (χ0v) is 12.3. The van der Waals surface area contributed by atoms with Crippen LogP contribution in [0.15, 0.2) is 12.3 Å². The summed E-state index contributed by atoms with van der Waals surface area (Å²) in [6.45, 7) is 2.70. The number of nitrogens with two attached hydrogens (primary N) is 1. The maximum atomic E-state index is 11.9. The fraction of sp³-hybridized carbons (Fsp3) is 0.571. The Hall–Kier alpha value is -2.18. The first kappa shape index (κ1) is 16.9. The zero-order valence-electron chi connectivity index (χ0n) is 12.3. The molecule has 3 N–H and O–H groups in total. The minimum atomic E-state index is -0.600. The summed E-state index contributed by atoms with van der Waals surface area (Å²) in [4.78, 5) is 25.7. The molecule has 21 heavy (non-hydrogen) atoms. The van der Waals surface area contributed by atoms with Gasteiger partial charge >= 0.3 is 0 Å². The van der Waals surface area contributed by atoms with Gasteiger partial charge in [-0.05, 0) is 6.42 Å². The molecule has 0 atom stereocenters. The van der Waals surface area contributed by atoms with Crippen LogP contribution in [0.5, 0.6) is 0 Å². The molecule has 0 saturated carbocycles. The van der Waals surface area contributed by atoms with Gasteiger partial charge in [-0.3, -0.25) is 14.9 Å². The summed E-state index contributed by atoms with van der Waals surface area (Å²) in [5.74, 6) is -0.418. The number of nitro groups is 1. The number of hydrogen-bond donors (Lipinski definition) is 2. The summed E-state index contributed by atoms with van der Waals surface area (Å²) in [5, 5.41) is 13.4. The van der Waals surface area contributed by atoms with Crippen molar-refractivity contribution in [1.82, 2.24) is 10.3 Å². The molecule has 0 unspecified atom stereocenters. The van der Waals surface area contributed by atoms with Gasteiger partial charge in [-0.15, -0.1) is 0 Å². The van der Waals surface area contributed by atoms with Crippen LogP contribution in [-0.2, 0) is 0 Å². The maximum absolute atomic E-state index is 11.9. The van der Waals surface area contributed by atoms with E-state index in [4.69, 9.17) is 5.73 Å². The van der Waals surface area contributed by atoms with Crippen molar-refractivity contribution >= 4 is 17.4 Å². The molecule has 0 bridgehead atoms. The number of nitrogens with one attached hydrogen (secondary N) is 1. The molecule has 0 aromatic carbocycles. The van der Waals surface area contributed by atoms with E-state index in [0.717, 1.165) is 31.5 Å². The summed E-state index contributed by atoms with van der Waals surface area (Å²) < 4.78 is 0. The highest BCUT2D eigenvalue weighted by Crippen LogP contribution is 2.16. The SMILES string of the molecule is CCCCCCCCNC(=O)c1cc([N+](=O)[O-])cnc1N. The summed E-state index contributed by atoms with van der Waals surface area (Å²) in [6, 6.07) is 1.15. The zero-order chi connectivity index (χ0) is 15.7. The molecule has 1 aromatic rings. The molecule has 116 valence electrons. The van der Waals surface area contributed by atoms with Crippen LogP contribution in [0.4, 0.5) is 11.5 Å². The summed E-state index contributed by atoms with van der Waals surface area (Å²) >= 11 is 0. The van der Waals surface area contributed by atoms with Crippen LogP contribution >= 0.6 is 0 Å². The first-order valence-electron chi connectivity index (χ1n) is 7.24. The quantitative estimate of drug-likeness (QED) is 0.413. The minimum Gasteiger partial charge on any atom is -0.383 e. The Morgan fingerprint density at radius 3 is 2.67 bits per heavy atom. The Morgan fingerprint density at radius 1 is 1.33 bits per heavy atom. The van der Waals surface area contributed by atoms with Gasteiger partial charge in [0.05, 0.1) is 10.5 Å². The van der Waals surface area contributed by atoms with Crippen LogP contribution in [0.2, 0.25) is 0 Å². The second-order valence-corrected chi connectivity index (χ2v) is 4.91. The van der Waals surface area contributed by atoms with Gasteiger partial charge < -0.3 is 11.1 Å². The number of nitrogens with zero attached hydrogens (tertiary/aromatic N) is 2. The lowest BCUT2D eigenvalue weighted by Crippen LogP contribution is -2.25. The highest BCUT2D eigenvalue weighted by Gasteiger charge is 2.16. The average Bonchev–Trinajstić information content (AvgIpc) is 2.46. The van der Waals surface area contributed by atoms with E-state index in [1.807, 2.05) is 0 Å². The molecular formula is C14H22N4O3. The number of anilines is 1. The lowest BCUT2D eigenvalue weighted by atomic mass is 10.1. The molecule has 0 spiro atoms. The van der Waals surface area contributed by atoms with Crippen molar-refractivity contribution in [3.8, 4) is 0 Å². The molecule has 0 radical (unpaired) electrons. The van der Waals surface area contributed by atoms with Crippen LogP contribution in [0.25, 0.3) is 0 Å². The third kappa shape index (κ3) is 5.76. The smallest absolute Gasteiger partial charge is 0.288 e. The number of aromatic nitrogens is 1. The minimum absolute atomic E-state index is 0.000968. The lowest BCUT2D eigenvalue weighted by Gasteiger charge is -2.06. The average molecular weight is 294 g/mol. The van der Waals surface area contributed by atoms with Crippen molar-refractivity contribution in [3.63, 3.8) is 0 Å². The fourth-order valence-corrected chi connectivity index (χ4v) is 1.95. The number of carbonyl (C=O) groups is 1. The number of carbonyl (C=O) groups excluding carboxylic acids is 1. The van der Waals surface area contributed by atoms with Crippen molar-refractivity contribution < 1.29 is 9.72 Å². The molecule has 0 aliphatic carbocycles. The van der Waals surface area contributed by atoms with E-state index in [-0.39, 0.29) is 17.1 Å². The predicted octanol–water partition coefficient (Wildman–Crippen LogP) is 2.66. The van der Waals surface area contributed by atoms with Crippen molar-refractivity contribution in [2.45, 2.75) is 45.4 Å². The van der Waals surface area contributed by atoms with Crippen molar-refractivity contribution in [1.29, 1.82) is 0 Å². The fourth-order valence-electron chi connectivity index (χ4n) is 1.95. The maximum Gasteiger partial charge on any atom is 0.288 e. The van der Waals surface area contributed by atoms with Crippen LogP contribution < -0.4 is 11.1 Å². The van der Waals surface area contributed by atoms with E-state index in [9.17, 15) is 14.9 Å². The standard InChI is InChI=1S/C14H22N4O3/c1-2-3-4-5-6-7-8-16-14(19)12-9-11(18(20)21)10-17-13(12)15/h9-10H,2-8H2,1H3,(H2,15,17)(H,16,19). The molecule has 1 amide bonds. The Balaban J connectivity index is 2.41. The van der Waals surface area contributed by atoms with Crippen LogP contribution in [0.3, 0.4) is 0 Å². The van der Waals surface area contributed by atoms with E-state index in [1.54, 1.807) is 0 Å². The third-order valence-corrected chi connectivity index (χ3v) is 3.18. The van der Waals surface area contributed by atoms with Gasteiger partial charge in [0.2, 0.25) is 0 Å². The molecular weight excluding hydrogens is 272 g/mol. The second-order valence-electron chi connectivity index (χ2n) is 4.91. The molecule has 1 heterocycles. The van der Waals surface area contributed by atoms with Crippen LogP contribution in [-0.4, -0.2) is 22.4 Å². The number of hydrogen-bond acceptors (Lipinski definition) is 5. The molecule has 0 aliphatic rings. The topological polar surface area (TPSA) is 111 Å². The van der Waals surface area contributed by atoms with Gasteiger partial charge in [-0.25, -0.2) is 4.98 Å². The molecule has 1 aromatic heterocycles. The normalized spacial score (nSPS) is 10.3. The van der Waals surface area contributed by atoms with Crippen LogP contribution in [0.1, 0.15) is 55.8 Å². The van der Waals surface area contributed by atoms with Gasteiger partial charge in [-0.2, -0.15) is 0 Å². The lowest BCUT2D eigenvalue weighted by molar-refractivity contribution is -0.385. The molecule has 7 heteroatoms. The molecule has 7 nitrogen and oxygen atoms in total. The van der Waals surface area contributed by atoms with E-state index in [0.29, 0.717) is 6.54 Å². The number of unbranched alkanes of at least 4 members (excludes halogenated alkanes) is 5. The van der Waals surface area contributed by atoms with Crippen molar-refractivity contribution in [2.24, 2.45) is 0 Å². The van der Waals surface area contributed by atoms with Gasteiger partial charge in [0.25, 0.3) is 11.6 Å². The first-order valence-corrected chi connectivity index (χ1v) is 7.24. The Labute approximate surface area is 124 Å². The Kier molecular flexibility index (Phi) is 7.14. The third-order valence-electron chi connectivity index (χ3n) is 3.18. The van der Waals surface area contributed by atoms with Crippen molar-refractivity contribution in [3.05, 3.63) is 27.9 Å². The number of amides is 1. The van der Waals surface area contributed by atoms with Gasteiger partial charge in [0, 0.05) is 12.6 Å². The van der Waals surface area contributed by atoms with Gasteiger partial charge in [-0.1, -0.05) is 39.0 Å². The second kappa shape index (κ2) is 8.89. The van der Waals surface area contributed by atoms with Crippen molar-refractivity contribution in [2.75, 3.05) is 12.3 Å².